The third kappa shape index (κ3) is 6.35. The zero-order valence-electron chi connectivity index (χ0n) is 19.6. The van der Waals surface area contributed by atoms with E-state index in [2.05, 4.69) is 22.8 Å². The molecule has 0 heterocycles. The molecule has 2 aromatic carbocycles. The van der Waals surface area contributed by atoms with E-state index in [1.165, 1.54) is 7.11 Å². The first-order chi connectivity index (χ1) is 16.4. The molecule has 3 rings (SSSR count). The van der Waals surface area contributed by atoms with Crippen LogP contribution in [0.3, 0.4) is 0 Å². The number of alkyl carbamates (subject to hydrolysis) is 1. The second-order valence-electron chi connectivity index (χ2n) is 8.37. The highest BCUT2D eigenvalue weighted by atomic mass is 16.5. The Morgan fingerprint density at radius 2 is 1.65 bits per heavy atom. The van der Waals surface area contributed by atoms with Crippen LogP contribution in [-0.4, -0.2) is 55.5 Å². The average Bonchev–Trinajstić information content (AvgIpc) is 3.16. The van der Waals surface area contributed by atoms with Gasteiger partial charge in [0.05, 0.1) is 12.5 Å². The zero-order chi connectivity index (χ0) is 24.5. The van der Waals surface area contributed by atoms with E-state index in [0.29, 0.717) is 6.42 Å². The van der Waals surface area contributed by atoms with Crippen molar-refractivity contribution in [3.05, 3.63) is 59.7 Å². The van der Waals surface area contributed by atoms with Crippen molar-refractivity contribution >= 4 is 18.0 Å². The molecule has 2 aromatic rings. The van der Waals surface area contributed by atoms with E-state index in [1.807, 2.05) is 43.3 Å². The maximum Gasteiger partial charge on any atom is 0.407 e. The van der Waals surface area contributed by atoms with Gasteiger partial charge in [-0.3, -0.25) is 9.59 Å². The quantitative estimate of drug-likeness (QED) is 0.438. The Kier molecular flexibility index (Phi) is 9.04. The van der Waals surface area contributed by atoms with Crippen molar-refractivity contribution in [1.29, 1.82) is 0 Å². The summed E-state index contributed by atoms with van der Waals surface area (Å²) in [4.78, 5) is 36.2. The largest absolute Gasteiger partial charge is 0.481 e. The number of amides is 2. The van der Waals surface area contributed by atoms with Gasteiger partial charge in [-0.1, -0.05) is 68.3 Å². The zero-order valence-corrected chi connectivity index (χ0v) is 19.6. The summed E-state index contributed by atoms with van der Waals surface area (Å²) < 4.78 is 10.7. The highest BCUT2D eigenvalue weighted by Crippen LogP contribution is 2.44. The lowest BCUT2D eigenvalue weighted by molar-refractivity contribution is -0.140. The van der Waals surface area contributed by atoms with Crippen LogP contribution in [0, 0.1) is 0 Å². The lowest BCUT2D eigenvalue weighted by Crippen LogP contribution is -2.48. The molecule has 1 unspecified atom stereocenters. The molecule has 182 valence electrons. The number of carbonyl (C=O) groups excluding carboxylic acids is 2. The number of aliphatic carboxylic acids is 1. The SMILES string of the molecule is CCCC[C@H](NC(=O)OCC1c2ccccc2-c2ccccc21)C(=O)NCC(CC(=O)O)OC. The van der Waals surface area contributed by atoms with E-state index in [9.17, 15) is 14.4 Å². The number of carboxylic acids is 1. The molecule has 0 radical (unpaired) electrons. The standard InChI is InChI=1S/C26H32N2O6/c1-3-4-13-23(25(31)27-15-17(33-2)14-24(29)30)28-26(32)34-16-22-20-11-7-5-9-18(20)19-10-6-8-12-21(19)22/h5-12,17,22-23H,3-4,13-16H2,1-2H3,(H,27,31)(H,28,32)(H,29,30)/t17?,23-/m0/s1. The Balaban J connectivity index is 1.60. The van der Waals surface area contributed by atoms with E-state index in [1.54, 1.807) is 0 Å². The highest BCUT2D eigenvalue weighted by Gasteiger charge is 2.30. The average molecular weight is 469 g/mol. The molecule has 1 aliphatic rings. The van der Waals surface area contributed by atoms with Crippen LogP contribution in [0.4, 0.5) is 4.79 Å². The van der Waals surface area contributed by atoms with Crippen molar-refractivity contribution in [2.24, 2.45) is 0 Å². The fourth-order valence-corrected chi connectivity index (χ4v) is 4.23. The van der Waals surface area contributed by atoms with Gasteiger partial charge in [-0.05, 0) is 28.7 Å². The van der Waals surface area contributed by atoms with Gasteiger partial charge in [0.25, 0.3) is 0 Å². The normalized spacial score (nSPS) is 13.9. The molecule has 2 amide bonds. The molecule has 2 atom stereocenters. The summed E-state index contributed by atoms with van der Waals surface area (Å²) in [5, 5.41) is 14.3. The van der Waals surface area contributed by atoms with Crippen molar-refractivity contribution < 1.29 is 29.0 Å². The first-order valence-electron chi connectivity index (χ1n) is 11.6. The van der Waals surface area contributed by atoms with Gasteiger partial charge in [0.15, 0.2) is 0 Å². The van der Waals surface area contributed by atoms with Crippen LogP contribution >= 0.6 is 0 Å². The van der Waals surface area contributed by atoms with E-state index in [4.69, 9.17) is 14.6 Å². The minimum atomic E-state index is -1.01. The summed E-state index contributed by atoms with van der Waals surface area (Å²) in [7, 11) is 1.39. The van der Waals surface area contributed by atoms with Crippen LogP contribution in [0.25, 0.3) is 11.1 Å². The Morgan fingerprint density at radius 3 is 2.21 bits per heavy atom. The van der Waals surface area contributed by atoms with E-state index in [-0.39, 0.29) is 25.5 Å². The van der Waals surface area contributed by atoms with Crippen molar-refractivity contribution in [2.45, 2.75) is 50.7 Å². The van der Waals surface area contributed by atoms with Gasteiger partial charge in [-0.2, -0.15) is 0 Å². The van der Waals surface area contributed by atoms with E-state index in [0.717, 1.165) is 35.1 Å². The smallest absolute Gasteiger partial charge is 0.407 e. The second-order valence-corrected chi connectivity index (χ2v) is 8.37. The number of hydrogen-bond donors (Lipinski definition) is 3. The first kappa shape index (κ1) is 25.2. The number of hydrogen-bond acceptors (Lipinski definition) is 5. The molecule has 0 saturated heterocycles. The van der Waals surface area contributed by atoms with Crippen molar-refractivity contribution in [1.82, 2.24) is 10.6 Å². The Labute approximate surface area is 199 Å². The molecular formula is C26H32N2O6. The van der Waals surface area contributed by atoms with Crippen LogP contribution in [0.5, 0.6) is 0 Å². The van der Waals surface area contributed by atoms with Crippen LogP contribution in [0.15, 0.2) is 48.5 Å². The Bertz CT molecular complexity index is 963. The molecule has 0 aliphatic heterocycles. The monoisotopic (exact) mass is 468 g/mol. The molecule has 0 spiro atoms. The minimum absolute atomic E-state index is 0.0383. The number of unbranched alkanes of at least 4 members (excludes halogenated alkanes) is 1. The molecule has 0 saturated carbocycles. The molecule has 34 heavy (non-hydrogen) atoms. The van der Waals surface area contributed by atoms with Crippen LogP contribution < -0.4 is 10.6 Å². The highest BCUT2D eigenvalue weighted by molar-refractivity contribution is 5.85. The molecule has 3 N–H and O–H groups in total. The Morgan fingerprint density at radius 1 is 1.03 bits per heavy atom. The van der Waals surface area contributed by atoms with Crippen LogP contribution in [-0.2, 0) is 19.1 Å². The number of nitrogens with one attached hydrogen (secondary N) is 2. The summed E-state index contributed by atoms with van der Waals surface area (Å²) in [6.45, 7) is 2.19. The number of rotatable bonds is 12. The summed E-state index contributed by atoms with van der Waals surface area (Å²) >= 11 is 0. The second kappa shape index (κ2) is 12.2. The topological polar surface area (TPSA) is 114 Å². The van der Waals surface area contributed by atoms with E-state index >= 15 is 0 Å². The lowest BCUT2D eigenvalue weighted by Gasteiger charge is -2.21. The molecule has 8 heteroatoms. The van der Waals surface area contributed by atoms with Crippen LogP contribution in [0.2, 0.25) is 0 Å². The van der Waals surface area contributed by atoms with Crippen LogP contribution in [0.1, 0.15) is 49.7 Å². The van der Waals surface area contributed by atoms with E-state index < -0.39 is 30.1 Å². The van der Waals surface area contributed by atoms with Gasteiger partial charge < -0.3 is 25.2 Å². The maximum atomic E-state index is 12.7. The van der Waals surface area contributed by atoms with Crippen molar-refractivity contribution in [2.75, 3.05) is 20.3 Å². The molecular weight excluding hydrogens is 436 g/mol. The number of benzene rings is 2. The number of methoxy groups -OCH3 is 1. The van der Waals surface area contributed by atoms with Gasteiger partial charge in [-0.25, -0.2) is 4.79 Å². The summed E-state index contributed by atoms with van der Waals surface area (Å²) in [5.41, 5.74) is 4.50. The lowest BCUT2D eigenvalue weighted by atomic mass is 9.98. The molecule has 0 bridgehead atoms. The van der Waals surface area contributed by atoms with Gasteiger partial charge in [-0.15, -0.1) is 0 Å². The molecule has 8 nitrogen and oxygen atoms in total. The third-order valence-corrected chi connectivity index (χ3v) is 6.04. The number of carboxylic acid groups (broad SMARTS) is 1. The molecule has 1 aliphatic carbocycles. The predicted molar refractivity (Wildman–Crippen MR) is 128 cm³/mol. The summed E-state index contributed by atoms with van der Waals surface area (Å²) in [5.74, 6) is -1.48. The van der Waals surface area contributed by atoms with Gasteiger partial charge in [0, 0.05) is 19.6 Å². The number of carbonyl (C=O) groups is 3. The Hall–Kier alpha value is -3.39. The third-order valence-electron chi connectivity index (χ3n) is 6.04. The number of ether oxygens (including phenoxy) is 2. The van der Waals surface area contributed by atoms with Gasteiger partial charge in [0.1, 0.15) is 12.6 Å². The van der Waals surface area contributed by atoms with Gasteiger partial charge in [0.2, 0.25) is 5.91 Å². The minimum Gasteiger partial charge on any atom is -0.481 e. The predicted octanol–water partition coefficient (Wildman–Crippen LogP) is 3.69. The fraction of sp³-hybridized carbons (Fsp3) is 0.423. The van der Waals surface area contributed by atoms with Crippen molar-refractivity contribution in [3.63, 3.8) is 0 Å². The maximum absolute atomic E-state index is 12.7. The molecule has 0 fully saturated rings. The first-order valence-corrected chi connectivity index (χ1v) is 11.6. The summed E-state index contributed by atoms with van der Waals surface area (Å²) in [6, 6.07) is 15.4. The van der Waals surface area contributed by atoms with Gasteiger partial charge >= 0.3 is 12.1 Å². The van der Waals surface area contributed by atoms with Crippen molar-refractivity contribution in [3.8, 4) is 11.1 Å². The fourth-order valence-electron chi connectivity index (χ4n) is 4.23. The number of fused-ring (bicyclic) bond motifs is 3. The molecule has 0 aromatic heterocycles. The summed E-state index contributed by atoms with van der Waals surface area (Å²) in [6.07, 6.45) is 0.509.